The first-order valence-electron chi connectivity index (χ1n) is 9.37. The Morgan fingerprint density at radius 1 is 1.10 bits per heavy atom. The highest BCUT2D eigenvalue weighted by atomic mass is 19.1. The van der Waals surface area contributed by atoms with E-state index in [9.17, 15) is 18.8 Å². The van der Waals surface area contributed by atoms with Gasteiger partial charge in [-0.05, 0) is 42.5 Å². The zero-order valence-electron chi connectivity index (χ0n) is 16.1. The maximum atomic E-state index is 13.2. The number of carbonyl (C=O) groups excluding carboxylic acids is 3. The first-order chi connectivity index (χ1) is 13.9. The van der Waals surface area contributed by atoms with Crippen LogP contribution >= 0.6 is 0 Å². The zero-order chi connectivity index (χ0) is 20.8. The van der Waals surface area contributed by atoms with Gasteiger partial charge in [0.1, 0.15) is 11.6 Å². The number of benzene rings is 2. The monoisotopic (exact) mass is 400 g/mol. The van der Waals surface area contributed by atoms with Crippen molar-refractivity contribution in [2.24, 2.45) is 0 Å². The normalized spacial score (nSPS) is 14.3. The highest BCUT2D eigenvalue weighted by molar-refractivity contribution is 5.94. The van der Waals surface area contributed by atoms with Crippen LogP contribution in [0, 0.1) is 5.82 Å². The summed E-state index contributed by atoms with van der Waals surface area (Å²) in [4.78, 5) is 38.6. The summed E-state index contributed by atoms with van der Waals surface area (Å²) in [6.07, 6.45) is 0. The number of ether oxygens (including phenoxy) is 1. The van der Waals surface area contributed by atoms with E-state index in [2.05, 4.69) is 5.32 Å². The van der Waals surface area contributed by atoms with Gasteiger partial charge < -0.3 is 19.9 Å². The Morgan fingerprint density at radius 2 is 1.79 bits per heavy atom. The second-order valence-electron chi connectivity index (χ2n) is 6.90. The van der Waals surface area contributed by atoms with Gasteiger partial charge in [-0.3, -0.25) is 14.4 Å². The van der Waals surface area contributed by atoms with E-state index in [1.54, 1.807) is 41.3 Å². The summed E-state index contributed by atoms with van der Waals surface area (Å²) < 4.78 is 18.2. The molecule has 1 fully saturated rings. The molecular formula is C21H23FN3O4+. The number of hydrogen-bond donors (Lipinski definition) is 2. The molecule has 2 amide bonds. The molecule has 0 unspecified atom stereocenters. The van der Waals surface area contributed by atoms with Crippen LogP contribution in [0.15, 0.2) is 48.5 Å². The highest BCUT2D eigenvalue weighted by Gasteiger charge is 2.26. The molecule has 1 aliphatic rings. The first kappa shape index (κ1) is 20.5. The van der Waals surface area contributed by atoms with Gasteiger partial charge in [-0.2, -0.15) is 0 Å². The molecule has 152 valence electrons. The molecule has 1 heterocycles. The average Bonchev–Trinajstić information content (AvgIpc) is 2.68. The molecular weight excluding hydrogens is 377 g/mol. The van der Waals surface area contributed by atoms with Gasteiger partial charge in [-0.25, -0.2) is 4.39 Å². The van der Waals surface area contributed by atoms with Crippen LogP contribution in [-0.2, 0) is 9.59 Å². The van der Waals surface area contributed by atoms with Crippen LogP contribution in [0.2, 0.25) is 0 Å². The SMILES string of the molecule is CC(=O)Oc1ccc(C(=O)N2CC[NH+](CC(=O)Nc3cccc(F)c3)CC2)cc1. The summed E-state index contributed by atoms with van der Waals surface area (Å²) >= 11 is 0. The van der Waals surface area contributed by atoms with E-state index >= 15 is 0 Å². The second kappa shape index (κ2) is 9.29. The number of quaternary nitrogens is 1. The number of piperazine rings is 1. The van der Waals surface area contributed by atoms with Crippen LogP contribution in [0.3, 0.4) is 0 Å². The predicted molar refractivity (Wildman–Crippen MR) is 104 cm³/mol. The molecule has 3 rings (SSSR count). The Kier molecular flexibility index (Phi) is 6.56. The molecule has 0 radical (unpaired) electrons. The molecule has 0 aromatic heterocycles. The number of rotatable bonds is 5. The van der Waals surface area contributed by atoms with Crippen molar-refractivity contribution in [3.63, 3.8) is 0 Å². The molecule has 8 heteroatoms. The lowest BCUT2D eigenvalue weighted by atomic mass is 10.1. The number of nitrogens with one attached hydrogen (secondary N) is 2. The molecule has 0 aliphatic carbocycles. The lowest BCUT2D eigenvalue weighted by Crippen LogP contribution is -3.15. The predicted octanol–water partition coefficient (Wildman–Crippen LogP) is 0.730. The van der Waals surface area contributed by atoms with Gasteiger partial charge in [0.25, 0.3) is 11.8 Å². The fourth-order valence-electron chi connectivity index (χ4n) is 3.22. The van der Waals surface area contributed by atoms with Crippen molar-refractivity contribution < 1.29 is 28.4 Å². The second-order valence-corrected chi connectivity index (χ2v) is 6.90. The van der Waals surface area contributed by atoms with Gasteiger partial charge >= 0.3 is 5.97 Å². The summed E-state index contributed by atoms with van der Waals surface area (Å²) in [6, 6.07) is 12.2. The van der Waals surface area contributed by atoms with Crippen molar-refractivity contribution in [3.05, 3.63) is 59.9 Å². The molecule has 29 heavy (non-hydrogen) atoms. The van der Waals surface area contributed by atoms with Crippen molar-refractivity contribution in [1.29, 1.82) is 0 Å². The molecule has 1 aliphatic heterocycles. The minimum absolute atomic E-state index is 0.0948. The summed E-state index contributed by atoms with van der Waals surface area (Å²) in [7, 11) is 0. The van der Waals surface area contributed by atoms with Gasteiger partial charge in [0.05, 0.1) is 26.2 Å². The van der Waals surface area contributed by atoms with Gasteiger partial charge in [0, 0.05) is 18.2 Å². The van der Waals surface area contributed by atoms with Crippen molar-refractivity contribution in [1.82, 2.24) is 4.90 Å². The number of amides is 2. The minimum Gasteiger partial charge on any atom is -0.427 e. The van der Waals surface area contributed by atoms with E-state index in [0.717, 1.165) is 4.90 Å². The van der Waals surface area contributed by atoms with Gasteiger partial charge in [0.2, 0.25) is 0 Å². The molecule has 0 spiro atoms. The number of carbonyl (C=O) groups is 3. The van der Waals surface area contributed by atoms with E-state index in [1.165, 1.54) is 19.1 Å². The molecule has 2 N–H and O–H groups in total. The molecule has 2 aromatic rings. The van der Waals surface area contributed by atoms with Gasteiger partial charge in [-0.15, -0.1) is 0 Å². The van der Waals surface area contributed by atoms with Crippen LogP contribution in [0.5, 0.6) is 5.75 Å². The number of anilines is 1. The zero-order valence-corrected chi connectivity index (χ0v) is 16.1. The van der Waals surface area contributed by atoms with E-state index in [4.69, 9.17) is 4.74 Å². The standard InChI is InChI=1S/C21H22FN3O4/c1-15(26)29-19-7-5-16(6-8-19)21(28)25-11-9-24(10-12-25)14-20(27)23-18-4-2-3-17(22)13-18/h2-8,13H,9-12,14H2,1H3,(H,23,27)/p+1. The Bertz CT molecular complexity index is 893. The summed E-state index contributed by atoms with van der Waals surface area (Å²) in [5.41, 5.74) is 0.952. The van der Waals surface area contributed by atoms with Crippen molar-refractivity contribution in [2.45, 2.75) is 6.92 Å². The van der Waals surface area contributed by atoms with Crippen LogP contribution in [0.1, 0.15) is 17.3 Å². The quantitative estimate of drug-likeness (QED) is 0.573. The van der Waals surface area contributed by atoms with E-state index in [1.807, 2.05) is 0 Å². The molecule has 0 bridgehead atoms. The molecule has 7 nitrogen and oxygen atoms in total. The number of halogens is 1. The first-order valence-corrected chi connectivity index (χ1v) is 9.37. The maximum Gasteiger partial charge on any atom is 0.308 e. The third kappa shape index (κ3) is 5.86. The maximum absolute atomic E-state index is 13.2. The van der Waals surface area contributed by atoms with E-state index < -0.39 is 11.8 Å². The summed E-state index contributed by atoms with van der Waals surface area (Å²) in [6.45, 7) is 3.94. The fraction of sp³-hybridized carbons (Fsp3) is 0.286. The summed E-state index contributed by atoms with van der Waals surface area (Å²) in [5, 5.41) is 2.69. The number of esters is 1. The highest BCUT2D eigenvalue weighted by Crippen LogP contribution is 2.14. The Morgan fingerprint density at radius 3 is 2.41 bits per heavy atom. The van der Waals surface area contributed by atoms with Gasteiger partial charge in [0.15, 0.2) is 6.54 Å². The Labute approximate surface area is 168 Å². The third-order valence-electron chi connectivity index (χ3n) is 4.64. The minimum atomic E-state index is -0.412. The third-order valence-corrected chi connectivity index (χ3v) is 4.64. The van der Waals surface area contributed by atoms with Crippen molar-refractivity contribution in [2.75, 3.05) is 38.0 Å². The molecule has 2 aromatic carbocycles. The fourth-order valence-corrected chi connectivity index (χ4v) is 3.22. The Balaban J connectivity index is 1.47. The van der Waals surface area contributed by atoms with Crippen LogP contribution in [0.25, 0.3) is 0 Å². The average molecular weight is 400 g/mol. The molecule has 0 saturated carbocycles. The Hall–Kier alpha value is -3.26. The van der Waals surface area contributed by atoms with Crippen LogP contribution in [-0.4, -0.2) is 55.4 Å². The molecule has 1 saturated heterocycles. The number of hydrogen-bond acceptors (Lipinski definition) is 4. The lowest BCUT2D eigenvalue weighted by Gasteiger charge is -2.32. The lowest BCUT2D eigenvalue weighted by molar-refractivity contribution is -0.895. The smallest absolute Gasteiger partial charge is 0.308 e. The van der Waals surface area contributed by atoms with Crippen LogP contribution in [0.4, 0.5) is 10.1 Å². The number of nitrogens with zero attached hydrogens (tertiary/aromatic N) is 1. The van der Waals surface area contributed by atoms with Crippen molar-refractivity contribution >= 4 is 23.5 Å². The summed E-state index contributed by atoms with van der Waals surface area (Å²) in [5.74, 6) is -0.700. The molecule has 0 atom stereocenters. The van der Waals surface area contributed by atoms with Crippen molar-refractivity contribution in [3.8, 4) is 5.75 Å². The van der Waals surface area contributed by atoms with E-state index in [-0.39, 0.29) is 18.4 Å². The van der Waals surface area contributed by atoms with Gasteiger partial charge in [-0.1, -0.05) is 6.07 Å². The van der Waals surface area contributed by atoms with E-state index in [0.29, 0.717) is 43.2 Å². The van der Waals surface area contributed by atoms with Crippen LogP contribution < -0.4 is 15.0 Å². The topological polar surface area (TPSA) is 80.2 Å². The largest absolute Gasteiger partial charge is 0.427 e.